The van der Waals surface area contributed by atoms with Gasteiger partial charge in [-0.15, -0.1) is 0 Å². The summed E-state index contributed by atoms with van der Waals surface area (Å²) < 4.78 is 2.04. The lowest BCUT2D eigenvalue weighted by atomic mass is 10.1. The van der Waals surface area contributed by atoms with Gasteiger partial charge in [0.15, 0.2) is 0 Å². The molecule has 1 aromatic heterocycles. The van der Waals surface area contributed by atoms with Gasteiger partial charge in [0, 0.05) is 24.9 Å². The molecule has 3 heteroatoms. The molecule has 0 N–H and O–H groups in total. The molecule has 0 unspecified atom stereocenters. The van der Waals surface area contributed by atoms with Gasteiger partial charge in [-0.1, -0.05) is 29.8 Å². The molecule has 94 valence electrons. The number of carbonyl (C=O) groups is 1. The van der Waals surface area contributed by atoms with E-state index in [1.165, 1.54) is 16.8 Å². The Morgan fingerprint density at radius 1 is 1.11 bits per heavy atom. The molecular formula is C15H16ClNO. The zero-order chi connectivity index (χ0) is 13.1. The highest BCUT2D eigenvalue weighted by molar-refractivity contribution is 6.63. The molecule has 2 rings (SSSR count). The summed E-state index contributed by atoms with van der Waals surface area (Å²) in [5.41, 5.74) is 4.67. The molecule has 0 saturated carbocycles. The predicted molar refractivity (Wildman–Crippen MR) is 74.0 cm³/mol. The van der Waals surface area contributed by atoms with E-state index in [9.17, 15) is 4.79 Å². The molecule has 0 aliphatic heterocycles. The van der Waals surface area contributed by atoms with Crippen LogP contribution in [0.1, 0.15) is 22.5 Å². The topological polar surface area (TPSA) is 22.0 Å². The minimum Gasteiger partial charge on any atom is -0.351 e. The molecule has 0 bridgehead atoms. The van der Waals surface area contributed by atoms with Crippen molar-refractivity contribution in [3.8, 4) is 0 Å². The molecule has 18 heavy (non-hydrogen) atoms. The fourth-order valence-electron chi connectivity index (χ4n) is 2.01. The van der Waals surface area contributed by atoms with E-state index in [0.29, 0.717) is 0 Å². The van der Waals surface area contributed by atoms with Crippen molar-refractivity contribution in [2.24, 2.45) is 7.05 Å². The molecule has 0 aliphatic rings. The molecule has 2 aromatic rings. The van der Waals surface area contributed by atoms with Crippen LogP contribution in [-0.4, -0.2) is 9.81 Å². The van der Waals surface area contributed by atoms with E-state index in [1.54, 1.807) is 0 Å². The molecule has 2 nitrogen and oxygen atoms in total. The maximum absolute atomic E-state index is 10.9. The molecule has 0 amide bonds. The number of halogens is 1. The number of carbonyl (C=O) groups excluding carboxylic acids is 1. The monoisotopic (exact) mass is 261 g/mol. The average Bonchev–Trinajstić information content (AvgIpc) is 2.64. The number of aryl methyl sites for hydroxylation is 1. The van der Waals surface area contributed by atoms with Crippen molar-refractivity contribution in [2.75, 3.05) is 0 Å². The minimum atomic E-state index is -0.321. The van der Waals surface area contributed by atoms with Crippen LogP contribution < -0.4 is 0 Å². The van der Waals surface area contributed by atoms with Crippen molar-refractivity contribution < 1.29 is 4.79 Å². The zero-order valence-electron chi connectivity index (χ0n) is 10.6. The Kier molecular flexibility index (Phi) is 3.87. The summed E-state index contributed by atoms with van der Waals surface area (Å²) in [6.45, 7) is 2.08. The highest BCUT2D eigenvalue weighted by Gasteiger charge is 2.08. The van der Waals surface area contributed by atoms with Gasteiger partial charge in [-0.2, -0.15) is 0 Å². The van der Waals surface area contributed by atoms with Gasteiger partial charge in [-0.05, 0) is 36.2 Å². The Bertz CT molecular complexity index is 554. The highest BCUT2D eigenvalue weighted by atomic mass is 35.5. The smallest absolute Gasteiger partial charge is 0.227 e. The van der Waals surface area contributed by atoms with E-state index in [1.807, 2.05) is 17.7 Å². The summed E-state index contributed by atoms with van der Waals surface area (Å²) in [4.78, 5) is 10.9. The summed E-state index contributed by atoms with van der Waals surface area (Å²) >= 11 is 5.42. The maximum Gasteiger partial charge on any atom is 0.227 e. The molecule has 0 atom stereocenters. The van der Waals surface area contributed by atoms with Crippen LogP contribution in [0.5, 0.6) is 0 Å². The van der Waals surface area contributed by atoms with E-state index >= 15 is 0 Å². The van der Waals surface area contributed by atoms with E-state index in [2.05, 4.69) is 37.3 Å². The number of hydrogen-bond acceptors (Lipinski definition) is 1. The standard InChI is InChI=1S/C15H16ClNO/c1-11-3-5-12(6-4-11)9-13-7-8-14(17(13)2)10-15(16)18/h3-8H,9-10H2,1-2H3. The molecule has 0 spiro atoms. The predicted octanol–water partition coefficient (Wildman–Crippen LogP) is 3.23. The second-order valence-corrected chi connectivity index (χ2v) is 4.99. The second-order valence-electron chi connectivity index (χ2n) is 4.57. The molecular weight excluding hydrogens is 246 g/mol. The lowest BCUT2D eigenvalue weighted by molar-refractivity contribution is -0.111. The average molecular weight is 262 g/mol. The van der Waals surface area contributed by atoms with Crippen LogP contribution in [0, 0.1) is 6.92 Å². The molecule has 0 aliphatic carbocycles. The van der Waals surface area contributed by atoms with Crippen LogP contribution in [0.2, 0.25) is 0 Å². The van der Waals surface area contributed by atoms with E-state index in [4.69, 9.17) is 11.6 Å². The first-order valence-electron chi connectivity index (χ1n) is 5.93. The van der Waals surface area contributed by atoms with Crippen molar-refractivity contribution in [2.45, 2.75) is 19.8 Å². The SMILES string of the molecule is Cc1ccc(Cc2ccc(CC(=O)Cl)n2C)cc1. The van der Waals surface area contributed by atoms with Crippen molar-refractivity contribution in [1.29, 1.82) is 0 Å². The molecule has 1 heterocycles. The molecule has 0 fully saturated rings. The summed E-state index contributed by atoms with van der Waals surface area (Å²) in [6.07, 6.45) is 1.15. The van der Waals surface area contributed by atoms with Crippen molar-refractivity contribution in [3.05, 3.63) is 58.9 Å². The van der Waals surface area contributed by atoms with E-state index < -0.39 is 0 Å². The Morgan fingerprint density at radius 2 is 1.72 bits per heavy atom. The van der Waals surface area contributed by atoms with E-state index in [-0.39, 0.29) is 11.7 Å². The van der Waals surface area contributed by atoms with Crippen molar-refractivity contribution >= 4 is 16.8 Å². The Morgan fingerprint density at radius 3 is 2.33 bits per heavy atom. The van der Waals surface area contributed by atoms with Gasteiger partial charge in [0.25, 0.3) is 0 Å². The van der Waals surface area contributed by atoms with Gasteiger partial charge in [0.1, 0.15) is 0 Å². The van der Waals surface area contributed by atoms with Crippen LogP contribution in [0.3, 0.4) is 0 Å². The van der Waals surface area contributed by atoms with Gasteiger partial charge >= 0.3 is 0 Å². The first kappa shape index (κ1) is 12.9. The Labute approximate surface area is 112 Å². The first-order chi connectivity index (χ1) is 8.56. The van der Waals surface area contributed by atoms with Crippen LogP contribution in [0.4, 0.5) is 0 Å². The van der Waals surface area contributed by atoms with Gasteiger partial charge in [0.2, 0.25) is 5.24 Å². The first-order valence-corrected chi connectivity index (χ1v) is 6.31. The maximum atomic E-state index is 10.9. The zero-order valence-corrected chi connectivity index (χ0v) is 11.4. The van der Waals surface area contributed by atoms with E-state index in [0.717, 1.165) is 12.1 Å². The number of benzene rings is 1. The van der Waals surface area contributed by atoms with Crippen LogP contribution >= 0.6 is 11.6 Å². The lowest BCUT2D eigenvalue weighted by Crippen LogP contribution is -2.04. The highest BCUT2D eigenvalue weighted by Crippen LogP contribution is 2.14. The quantitative estimate of drug-likeness (QED) is 0.775. The summed E-state index contributed by atoms with van der Waals surface area (Å²) in [7, 11) is 1.97. The number of rotatable bonds is 4. The normalized spacial score (nSPS) is 10.6. The minimum absolute atomic E-state index is 0.284. The van der Waals surface area contributed by atoms with Crippen LogP contribution in [0.25, 0.3) is 0 Å². The third-order valence-corrected chi connectivity index (χ3v) is 3.29. The Hall–Kier alpha value is -1.54. The van der Waals surface area contributed by atoms with Crippen molar-refractivity contribution in [3.63, 3.8) is 0 Å². The van der Waals surface area contributed by atoms with Crippen LogP contribution in [-0.2, 0) is 24.7 Å². The number of hydrogen-bond donors (Lipinski definition) is 0. The summed E-state index contributed by atoms with van der Waals surface area (Å²) in [5, 5.41) is -0.321. The van der Waals surface area contributed by atoms with Gasteiger partial charge in [0.05, 0.1) is 6.42 Å². The Balaban J connectivity index is 2.17. The molecule has 0 radical (unpaired) electrons. The lowest BCUT2D eigenvalue weighted by Gasteiger charge is -2.07. The fraction of sp³-hybridized carbons (Fsp3) is 0.267. The third kappa shape index (κ3) is 3.02. The number of aromatic nitrogens is 1. The van der Waals surface area contributed by atoms with Crippen molar-refractivity contribution in [1.82, 2.24) is 4.57 Å². The number of nitrogens with zero attached hydrogens (tertiary/aromatic N) is 1. The fourth-order valence-corrected chi connectivity index (χ4v) is 2.15. The van der Waals surface area contributed by atoms with Gasteiger partial charge in [-0.25, -0.2) is 0 Å². The van der Waals surface area contributed by atoms with Crippen LogP contribution in [0.15, 0.2) is 36.4 Å². The van der Waals surface area contributed by atoms with Gasteiger partial charge in [-0.3, -0.25) is 4.79 Å². The third-order valence-electron chi connectivity index (χ3n) is 3.16. The van der Waals surface area contributed by atoms with Gasteiger partial charge < -0.3 is 4.57 Å². The summed E-state index contributed by atoms with van der Waals surface area (Å²) in [6, 6.07) is 12.5. The second kappa shape index (κ2) is 5.40. The largest absolute Gasteiger partial charge is 0.351 e. The molecule has 0 saturated heterocycles. The molecule has 1 aromatic carbocycles. The summed E-state index contributed by atoms with van der Waals surface area (Å²) in [5.74, 6) is 0.